The third kappa shape index (κ3) is 5.70. The molecule has 0 bridgehead atoms. The summed E-state index contributed by atoms with van der Waals surface area (Å²) >= 11 is 1.54. The van der Waals surface area contributed by atoms with Crippen molar-refractivity contribution in [2.75, 3.05) is 42.9 Å². The Morgan fingerprint density at radius 3 is 2.58 bits per heavy atom. The molecule has 2 aromatic rings. The van der Waals surface area contributed by atoms with Gasteiger partial charge in [-0.2, -0.15) is 18.4 Å². The number of thiophene rings is 1. The number of nitriles is 1. The Morgan fingerprint density at radius 1 is 1.22 bits per heavy atom. The number of amides is 1. The molecule has 1 saturated heterocycles. The average molecular weight is 519 g/mol. The summed E-state index contributed by atoms with van der Waals surface area (Å²) in [6, 6.07) is 7.68. The fraction of sp³-hybridized carbons (Fsp3) is 0.556. The van der Waals surface area contributed by atoms with Crippen LogP contribution in [0.15, 0.2) is 24.3 Å². The smallest absolute Gasteiger partial charge is 0.369 e. The minimum absolute atomic E-state index is 0.164. The SMILES string of the molecule is CCC(C)(C)C1CCc2c(sc(NC(=O)CN3CCN(c4cccc(C(F)(F)F)c4)CC3)c2C#N)C1. The van der Waals surface area contributed by atoms with E-state index in [-0.39, 0.29) is 17.9 Å². The third-order valence-electron chi connectivity index (χ3n) is 7.92. The third-order valence-corrected chi connectivity index (χ3v) is 9.09. The number of hydrogen-bond donors (Lipinski definition) is 1. The molecule has 5 nitrogen and oxygen atoms in total. The second kappa shape index (κ2) is 10.4. The first-order valence-electron chi connectivity index (χ1n) is 12.5. The van der Waals surface area contributed by atoms with Crippen molar-refractivity contribution in [3.8, 4) is 6.07 Å². The van der Waals surface area contributed by atoms with E-state index in [0.717, 1.165) is 37.3 Å². The zero-order chi connectivity index (χ0) is 26.1. The molecule has 1 amide bonds. The number of carbonyl (C=O) groups is 1. The van der Waals surface area contributed by atoms with E-state index in [4.69, 9.17) is 0 Å². The van der Waals surface area contributed by atoms with E-state index in [2.05, 4.69) is 32.2 Å². The fourth-order valence-corrected chi connectivity index (χ4v) is 6.45. The van der Waals surface area contributed by atoms with E-state index in [1.54, 1.807) is 6.07 Å². The highest BCUT2D eigenvalue weighted by Gasteiger charge is 2.34. The number of anilines is 2. The summed E-state index contributed by atoms with van der Waals surface area (Å²) in [5, 5.41) is 13.4. The molecule has 2 heterocycles. The van der Waals surface area contributed by atoms with Gasteiger partial charge >= 0.3 is 6.18 Å². The van der Waals surface area contributed by atoms with E-state index in [0.29, 0.717) is 48.3 Å². The van der Waals surface area contributed by atoms with Gasteiger partial charge in [0.2, 0.25) is 5.91 Å². The van der Waals surface area contributed by atoms with Crippen LogP contribution in [0, 0.1) is 22.7 Å². The van der Waals surface area contributed by atoms with E-state index in [9.17, 15) is 23.2 Å². The van der Waals surface area contributed by atoms with Crippen LogP contribution in [0.25, 0.3) is 0 Å². The van der Waals surface area contributed by atoms with Crippen LogP contribution < -0.4 is 10.2 Å². The number of halogens is 3. The van der Waals surface area contributed by atoms with Gasteiger partial charge in [0.1, 0.15) is 11.1 Å². The van der Waals surface area contributed by atoms with Crippen molar-refractivity contribution in [2.45, 2.75) is 52.6 Å². The van der Waals surface area contributed by atoms with Crippen molar-refractivity contribution in [3.63, 3.8) is 0 Å². The Hall–Kier alpha value is -2.57. The van der Waals surface area contributed by atoms with Gasteiger partial charge in [0.05, 0.1) is 17.7 Å². The quantitative estimate of drug-likeness (QED) is 0.514. The van der Waals surface area contributed by atoms with Crippen LogP contribution >= 0.6 is 11.3 Å². The maximum atomic E-state index is 13.0. The minimum atomic E-state index is -4.37. The van der Waals surface area contributed by atoms with Gasteiger partial charge in [-0.25, -0.2) is 0 Å². The molecule has 4 rings (SSSR count). The van der Waals surface area contributed by atoms with E-state index >= 15 is 0 Å². The first-order valence-corrected chi connectivity index (χ1v) is 13.3. The van der Waals surface area contributed by atoms with Crippen LogP contribution in [0.5, 0.6) is 0 Å². The molecule has 0 radical (unpaired) electrons. The monoisotopic (exact) mass is 518 g/mol. The van der Waals surface area contributed by atoms with Gasteiger partial charge in [0.15, 0.2) is 0 Å². The summed E-state index contributed by atoms with van der Waals surface area (Å²) < 4.78 is 39.1. The van der Waals surface area contributed by atoms with Crippen molar-refractivity contribution >= 4 is 27.9 Å². The second-order valence-corrected chi connectivity index (χ2v) is 11.6. The van der Waals surface area contributed by atoms with Crippen LogP contribution in [-0.2, 0) is 23.8 Å². The number of piperazine rings is 1. The number of hydrogen-bond acceptors (Lipinski definition) is 5. The largest absolute Gasteiger partial charge is 0.416 e. The van der Waals surface area contributed by atoms with Crippen molar-refractivity contribution in [1.82, 2.24) is 4.90 Å². The van der Waals surface area contributed by atoms with Crippen LogP contribution in [0.1, 0.15) is 55.2 Å². The average Bonchev–Trinajstić information content (AvgIpc) is 3.20. The van der Waals surface area contributed by atoms with Crippen molar-refractivity contribution in [2.24, 2.45) is 11.3 Å². The first-order chi connectivity index (χ1) is 17.0. The highest BCUT2D eigenvalue weighted by molar-refractivity contribution is 7.16. The molecule has 1 unspecified atom stereocenters. The first kappa shape index (κ1) is 26.5. The molecule has 0 spiro atoms. The number of nitrogens with zero attached hydrogens (tertiary/aromatic N) is 3. The van der Waals surface area contributed by atoms with Crippen molar-refractivity contribution in [1.29, 1.82) is 5.26 Å². The number of carbonyl (C=O) groups excluding carboxylic acids is 1. The molecule has 1 N–H and O–H groups in total. The Morgan fingerprint density at radius 2 is 1.94 bits per heavy atom. The Bertz CT molecular complexity index is 1140. The van der Waals surface area contributed by atoms with Gasteiger partial charge < -0.3 is 10.2 Å². The van der Waals surface area contributed by atoms with E-state index in [1.807, 2.05) is 9.80 Å². The summed E-state index contributed by atoms with van der Waals surface area (Å²) in [6.07, 6.45) is -0.387. The molecule has 2 aliphatic rings. The Kier molecular flexibility index (Phi) is 7.67. The van der Waals surface area contributed by atoms with E-state index in [1.165, 1.54) is 28.3 Å². The Balaban J connectivity index is 1.35. The van der Waals surface area contributed by atoms with Crippen LogP contribution in [-0.4, -0.2) is 43.5 Å². The summed E-state index contributed by atoms with van der Waals surface area (Å²) in [7, 11) is 0. The minimum Gasteiger partial charge on any atom is -0.369 e. The number of fused-ring (bicyclic) bond motifs is 1. The number of benzene rings is 1. The Labute approximate surface area is 214 Å². The standard InChI is InChI=1S/C27H33F3N4OS/c1-4-26(2,3)18-8-9-21-22(16-31)25(36-23(21)15-18)32-24(35)17-33-10-12-34(13-11-33)20-7-5-6-19(14-20)27(28,29)30/h5-7,14,18H,4,8-13,15,17H2,1-3H3,(H,32,35). The highest BCUT2D eigenvalue weighted by Crippen LogP contribution is 2.45. The van der Waals surface area contributed by atoms with Crippen LogP contribution in [0.4, 0.5) is 23.9 Å². The fourth-order valence-electron chi connectivity index (χ4n) is 5.16. The molecular formula is C27H33F3N4OS. The number of nitrogens with one attached hydrogen (secondary N) is 1. The number of alkyl halides is 3. The van der Waals surface area contributed by atoms with Gasteiger partial charge in [0, 0.05) is 36.7 Å². The van der Waals surface area contributed by atoms with Crippen LogP contribution in [0.2, 0.25) is 0 Å². The predicted octanol–water partition coefficient (Wildman–Crippen LogP) is 5.94. The van der Waals surface area contributed by atoms with Gasteiger partial charge in [-0.15, -0.1) is 11.3 Å². The van der Waals surface area contributed by atoms with Gasteiger partial charge in [0.25, 0.3) is 0 Å². The lowest BCUT2D eigenvalue weighted by atomic mass is 9.69. The summed E-state index contributed by atoms with van der Waals surface area (Å²) in [5.74, 6) is 0.403. The van der Waals surface area contributed by atoms with Crippen LogP contribution in [0.3, 0.4) is 0 Å². The highest BCUT2D eigenvalue weighted by atomic mass is 32.1. The molecule has 1 aromatic carbocycles. The summed E-state index contributed by atoms with van der Waals surface area (Å²) in [5.41, 5.74) is 1.83. The molecule has 1 atom stereocenters. The maximum Gasteiger partial charge on any atom is 0.416 e. The van der Waals surface area contributed by atoms with E-state index < -0.39 is 11.7 Å². The zero-order valence-corrected chi connectivity index (χ0v) is 21.9. The summed E-state index contributed by atoms with van der Waals surface area (Å²) in [6.45, 7) is 9.24. The topological polar surface area (TPSA) is 59.4 Å². The van der Waals surface area contributed by atoms with Crippen molar-refractivity contribution in [3.05, 3.63) is 45.8 Å². The summed E-state index contributed by atoms with van der Waals surface area (Å²) in [4.78, 5) is 18.0. The molecule has 0 saturated carbocycles. The molecule has 1 aromatic heterocycles. The lowest BCUT2D eigenvalue weighted by Crippen LogP contribution is -2.48. The molecule has 194 valence electrons. The molecule has 1 aliphatic heterocycles. The molecule has 36 heavy (non-hydrogen) atoms. The zero-order valence-electron chi connectivity index (χ0n) is 21.0. The molecule has 1 aliphatic carbocycles. The van der Waals surface area contributed by atoms with Gasteiger partial charge in [-0.3, -0.25) is 9.69 Å². The lowest BCUT2D eigenvalue weighted by molar-refractivity contribution is -0.137. The molecular weight excluding hydrogens is 485 g/mol. The molecule has 1 fully saturated rings. The van der Waals surface area contributed by atoms with Crippen molar-refractivity contribution < 1.29 is 18.0 Å². The normalized spacial score (nSPS) is 19.0. The van der Waals surface area contributed by atoms with Gasteiger partial charge in [-0.1, -0.05) is 33.3 Å². The maximum absolute atomic E-state index is 13.0. The lowest BCUT2D eigenvalue weighted by Gasteiger charge is -2.36. The second-order valence-electron chi connectivity index (χ2n) is 10.5. The van der Waals surface area contributed by atoms with Gasteiger partial charge in [-0.05, 0) is 54.4 Å². The number of rotatable bonds is 6. The molecule has 9 heteroatoms. The predicted molar refractivity (Wildman–Crippen MR) is 137 cm³/mol.